The van der Waals surface area contributed by atoms with Gasteiger partial charge in [-0.3, -0.25) is 4.98 Å². The molecule has 0 aliphatic carbocycles. The number of aliphatic hydroxyl groups excluding tert-OH is 1. The van der Waals surface area contributed by atoms with Crippen LogP contribution >= 0.6 is 0 Å². The maximum atomic E-state index is 9.25. The van der Waals surface area contributed by atoms with Crippen LogP contribution in [0.5, 0.6) is 0 Å². The zero-order valence-electron chi connectivity index (χ0n) is 9.35. The van der Waals surface area contributed by atoms with Gasteiger partial charge in [0.25, 0.3) is 0 Å². The summed E-state index contributed by atoms with van der Waals surface area (Å²) in [6.07, 6.45) is 0.776. The summed E-state index contributed by atoms with van der Waals surface area (Å²) in [5.41, 5.74) is 4.08. The summed E-state index contributed by atoms with van der Waals surface area (Å²) in [5, 5.41) is 9.25. The van der Waals surface area contributed by atoms with E-state index in [1.54, 1.807) is 0 Å². The summed E-state index contributed by atoms with van der Waals surface area (Å²) < 4.78 is 0. The lowest BCUT2D eigenvalue weighted by atomic mass is 10.1. The van der Waals surface area contributed by atoms with Crippen molar-refractivity contribution in [3.8, 4) is 0 Å². The molecular weight excluding hydrogens is 198 g/mol. The molecule has 1 aromatic heterocycles. The summed E-state index contributed by atoms with van der Waals surface area (Å²) in [5.74, 6) is 0. The van der Waals surface area contributed by atoms with Gasteiger partial charge in [-0.05, 0) is 24.1 Å². The summed E-state index contributed by atoms with van der Waals surface area (Å²) in [6.45, 7) is 2.02. The number of aliphatic hydroxyl groups is 1. The number of pyridine rings is 1. The van der Waals surface area contributed by atoms with E-state index in [9.17, 15) is 5.11 Å². The van der Waals surface area contributed by atoms with Crippen LogP contribution in [-0.4, -0.2) is 10.1 Å². The topological polar surface area (TPSA) is 33.1 Å². The van der Waals surface area contributed by atoms with Crippen LogP contribution in [0.3, 0.4) is 0 Å². The van der Waals surface area contributed by atoms with E-state index in [2.05, 4.69) is 17.1 Å². The zero-order chi connectivity index (χ0) is 11.4. The molecule has 0 spiro atoms. The molecule has 1 N–H and O–H groups in total. The Morgan fingerprint density at radius 1 is 1.06 bits per heavy atom. The Balaban J connectivity index is 2.30. The third-order valence-electron chi connectivity index (χ3n) is 2.59. The highest BCUT2D eigenvalue weighted by Crippen LogP contribution is 2.13. The molecule has 2 rings (SSSR count). The second kappa shape index (κ2) is 4.90. The number of hydrogen-bond acceptors (Lipinski definition) is 2. The molecule has 0 fully saturated rings. The number of aromatic nitrogens is 1. The fourth-order valence-corrected chi connectivity index (χ4v) is 1.73. The molecule has 0 radical (unpaired) electrons. The van der Waals surface area contributed by atoms with Crippen molar-refractivity contribution in [2.75, 3.05) is 0 Å². The lowest BCUT2D eigenvalue weighted by Crippen LogP contribution is -2.00. The van der Waals surface area contributed by atoms with E-state index in [4.69, 9.17) is 0 Å². The first-order chi connectivity index (χ1) is 7.79. The summed E-state index contributed by atoms with van der Waals surface area (Å²) in [4.78, 5) is 4.48. The van der Waals surface area contributed by atoms with Gasteiger partial charge in [0.2, 0.25) is 0 Å². The normalized spacial score (nSPS) is 10.4. The third kappa shape index (κ3) is 2.47. The number of nitrogens with zero attached hydrogens (tertiary/aromatic N) is 1. The van der Waals surface area contributed by atoms with Crippen LogP contribution < -0.4 is 0 Å². The average molecular weight is 213 g/mol. The standard InChI is InChI=1S/C14H15NO/c1-11-7-8-13(10-16)14(15-11)9-12-5-3-2-4-6-12/h2-8,16H,9-10H2,1H3. The van der Waals surface area contributed by atoms with Crippen molar-refractivity contribution in [2.24, 2.45) is 0 Å². The third-order valence-corrected chi connectivity index (χ3v) is 2.59. The van der Waals surface area contributed by atoms with Gasteiger partial charge < -0.3 is 5.11 Å². The van der Waals surface area contributed by atoms with Gasteiger partial charge in [-0.2, -0.15) is 0 Å². The number of aryl methyl sites for hydroxylation is 1. The highest BCUT2D eigenvalue weighted by molar-refractivity contribution is 5.28. The van der Waals surface area contributed by atoms with Crippen molar-refractivity contribution in [3.05, 3.63) is 65.0 Å². The molecule has 0 unspecified atom stereocenters. The minimum Gasteiger partial charge on any atom is -0.392 e. The second-order valence-corrected chi connectivity index (χ2v) is 3.88. The lowest BCUT2D eigenvalue weighted by Gasteiger charge is -2.07. The van der Waals surface area contributed by atoms with E-state index in [1.807, 2.05) is 37.3 Å². The average Bonchev–Trinajstić information content (AvgIpc) is 2.31. The Morgan fingerprint density at radius 3 is 2.50 bits per heavy atom. The van der Waals surface area contributed by atoms with Crippen LogP contribution in [0.4, 0.5) is 0 Å². The van der Waals surface area contributed by atoms with Gasteiger partial charge >= 0.3 is 0 Å². The van der Waals surface area contributed by atoms with Crippen LogP contribution in [-0.2, 0) is 13.0 Å². The molecule has 2 nitrogen and oxygen atoms in total. The van der Waals surface area contributed by atoms with Crippen LogP contribution in [0, 0.1) is 6.92 Å². The van der Waals surface area contributed by atoms with Crippen LogP contribution in [0.25, 0.3) is 0 Å². The molecule has 1 heterocycles. The maximum absolute atomic E-state index is 9.25. The second-order valence-electron chi connectivity index (χ2n) is 3.88. The van der Waals surface area contributed by atoms with Crippen molar-refractivity contribution in [3.63, 3.8) is 0 Å². The lowest BCUT2D eigenvalue weighted by molar-refractivity contribution is 0.280. The van der Waals surface area contributed by atoms with Crippen molar-refractivity contribution < 1.29 is 5.11 Å². The molecule has 0 saturated heterocycles. The SMILES string of the molecule is Cc1ccc(CO)c(Cc2ccccc2)n1. The van der Waals surface area contributed by atoms with E-state index in [1.165, 1.54) is 5.56 Å². The molecule has 0 atom stereocenters. The van der Waals surface area contributed by atoms with Crippen LogP contribution in [0.15, 0.2) is 42.5 Å². The Bertz CT molecular complexity index is 465. The molecule has 16 heavy (non-hydrogen) atoms. The molecule has 0 aliphatic heterocycles. The molecular formula is C14H15NO. The first kappa shape index (κ1) is 10.8. The summed E-state index contributed by atoms with van der Waals surface area (Å²) in [7, 11) is 0. The van der Waals surface area contributed by atoms with Crippen LogP contribution in [0.1, 0.15) is 22.5 Å². The molecule has 82 valence electrons. The van der Waals surface area contributed by atoms with E-state index < -0.39 is 0 Å². The van der Waals surface area contributed by atoms with Gasteiger partial charge in [0.05, 0.1) is 12.3 Å². The summed E-state index contributed by atoms with van der Waals surface area (Å²) in [6, 6.07) is 14.1. The highest BCUT2D eigenvalue weighted by Gasteiger charge is 2.04. The van der Waals surface area contributed by atoms with E-state index in [0.29, 0.717) is 0 Å². The van der Waals surface area contributed by atoms with Gasteiger partial charge in [-0.15, -0.1) is 0 Å². The van der Waals surface area contributed by atoms with Crippen molar-refractivity contribution in [1.82, 2.24) is 4.98 Å². The number of hydrogen-bond donors (Lipinski definition) is 1. The number of rotatable bonds is 3. The number of benzene rings is 1. The Labute approximate surface area is 95.6 Å². The van der Waals surface area contributed by atoms with Gasteiger partial charge in [-0.25, -0.2) is 0 Å². The Morgan fingerprint density at radius 2 is 1.81 bits per heavy atom. The first-order valence-electron chi connectivity index (χ1n) is 5.40. The highest BCUT2D eigenvalue weighted by atomic mass is 16.3. The fraction of sp³-hybridized carbons (Fsp3) is 0.214. The Kier molecular flexibility index (Phi) is 3.32. The van der Waals surface area contributed by atoms with E-state index in [0.717, 1.165) is 23.4 Å². The van der Waals surface area contributed by atoms with Gasteiger partial charge in [0.1, 0.15) is 0 Å². The van der Waals surface area contributed by atoms with Gasteiger partial charge in [0, 0.05) is 12.1 Å². The molecule has 0 bridgehead atoms. The van der Waals surface area contributed by atoms with E-state index in [-0.39, 0.29) is 6.61 Å². The van der Waals surface area contributed by atoms with E-state index >= 15 is 0 Å². The molecule has 2 aromatic rings. The van der Waals surface area contributed by atoms with Crippen molar-refractivity contribution in [1.29, 1.82) is 0 Å². The molecule has 1 aromatic carbocycles. The van der Waals surface area contributed by atoms with Crippen LogP contribution in [0.2, 0.25) is 0 Å². The first-order valence-corrected chi connectivity index (χ1v) is 5.40. The smallest absolute Gasteiger partial charge is 0.0699 e. The molecule has 2 heteroatoms. The van der Waals surface area contributed by atoms with Crippen molar-refractivity contribution in [2.45, 2.75) is 20.0 Å². The molecule has 0 aliphatic rings. The quantitative estimate of drug-likeness (QED) is 0.849. The minimum absolute atomic E-state index is 0.0510. The molecule has 0 amide bonds. The van der Waals surface area contributed by atoms with Crippen molar-refractivity contribution >= 4 is 0 Å². The zero-order valence-corrected chi connectivity index (χ0v) is 9.35. The summed E-state index contributed by atoms with van der Waals surface area (Å²) >= 11 is 0. The maximum Gasteiger partial charge on any atom is 0.0699 e. The fourth-order valence-electron chi connectivity index (χ4n) is 1.73. The van der Waals surface area contributed by atoms with Gasteiger partial charge in [0.15, 0.2) is 0 Å². The Hall–Kier alpha value is -1.67. The predicted molar refractivity (Wildman–Crippen MR) is 64.1 cm³/mol. The predicted octanol–water partition coefficient (Wildman–Crippen LogP) is 2.47. The van der Waals surface area contributed by atoms with Gasteiger partial charge in [-0.1, -0.05) is 36.4 Å². The monoisotopic (exact) mass is 213 g/mol. The molecule has 0 saturated carbocycles. The minimum atomic E-state index is 0.0510. The largest absolute Gasteiger partial charge is 0.392 e.